The molecule has 0 aliphatic carbocycles. The summed E-state index contributed by atoms with van der Waals surface area (Å²) in [5.41, 5.74) is 0. The zero-order valence-corrected chi connectivity index (χ0v) is 6.28. The van der Waals surface area contributed by atoms with Crippen LogP contribution in [0.15, 0.2) is 12.7 Å². The molecule has 0 aromatic carbocycles. The number of rotatable bonds is 5. The lowest BCUT2D eigenvalue weighted by Crippen LogP contribution is -2.30. The Morgan fingerprint density at radius 3 is 2.67 bits per heavy atom. The lowest BCUT2D eigenvalue weighted by Gasteiger charge is -2.07. The Labute approximate surface area is 57.3 Å². The summed E-state index contributed by atoms with van der Waals surface area (Å²) in [4.78, 5) is 0. The minimum Gasteiger partial charge on any atom is -0.318 e. The summed E-state index contributed by atoms with van der Waals surface area (Å²) in [5.74, 6) is 0. The van der Waals surface area contributed by atoms with Crippen molar-refractivity contribution in [3.05, 3.63) is 12.7 Å². The van der Waals surface area contributed by atoms with Gasteiger partial charge in [0.15, 0.2) is 0 Å². The number of likely N-dealkylation sites (N-methyl/N-ethyl adjacent to an activating group) is 1. The second-order valence-electron chi connectivity index (χ2n) is 2.08. The van der Waals surface area contributed by atoms with E-state index >= 15 is 0 Å². The third-order valence-corrected chi connectivity index (χ3v) is 1.19. The van der Waals surface area contributed by atoms with Gasteiger partial charge in [-0.1, -0.05) is 6.08 Å². The van der Waals surface area contributed by atoms with Crippen molar-refractivity contribution in [2.24, 2.45) is 0 Å². The molecule has 0 heterocycles. The summed E-state index contributed by atoms with van der Waals surface area (Å²) >= 11 is 0. The van der Waals surface area contributed by atoms with E-state index in [0.717, 1.165) is 13.1 Å². The molecule has 0 aliphatic rings. The molecule has 0 aliphatic heterocycles. The second-order valence-corrected chi connectivity index (χ2v) is 2.08. The van der Waals surface area contributed by atoms with E-state index in [1.54, 1.807) is 0 Å². The predicted molar refractivity (Wildman–Crippen MR) is 41.6 cm³/mol. The Balaban J connectivity index is 2.96. The highest BCUT2D eigenvalue weighted by atomic mass is 14.9. The molecule has 0 spiro atoms. The van der Waals surface area contributed by atoms with Crippen molar-refractivity contribution >= 4 is 0 Å². The van der Waals surface area contributed by atoms with E-state index in [1.165, 1.54) is 0 Å². The van der Waals surface area contributed by atoms with E-state index < -0.39 is 0 Å². The smallest absolute Gasteiger partial charge is 0.0219 e. The second kappa shape index (κ2) is 5.79. The van der Waals surface area contributed by atoms with Crippen LogP contribution in [0.25, 0.3) is 0 Å². The van der Waals surface area contributed by atoms with Crippen LogP contribution in [0.5, 0.6) is 0 Å². The third-order valence-electron chi connectivity index (χ3n) is 1.19. The maximum absolute atomic E-state index is 3.66. The Kier molecular flexibility index (Phi) is 5.57. The van der Waals surface area contributed by atoms with Crippen LogP contribution in [0.4, 0.5) is 0 Å². The molecule has 1 atom stereocenters. The van der Waals surface area contributed by atoms with Gasteiger partial charge < -0.3 is 10.6 Å². The van der Waals surface area contributed by atoms with Crippen LogP contribution in [0.2, 0.25) is 0 Å². The van der Waals surface area contributed by atoms with Gasteiger partial charge >= 0.3 is 0 Å². The molecule has 2 nitrogen and oxygen atoms in total. The number of nitrogens with one attached hydrogen (secondary N) is 2. The fraction of sp³-hybridized carbons (Fsp3) is 0.714. The largest absolute Gasteiger partial charge is 0.318 e. The molecule has 9 heavy (non-hydrogen) atoms. The number of hydrogen-bond donors (Lipinski definition) is 2. The summed E-state index contributed by atoms with van der Waals surface area (Å²) in [7, 11) is 1.94. The molecule has 0 radical (unpaired) electrons. The molecule has 0 saturated carbocycles. The third kappa shape index (κ3) is 5.53. The Hall–Kier alpha value is -0.340. The van der Waals surface area contributed by atoms with Crippen LogP contribution >= 0.6 is 0 Å². The van der Waals surface area contributed by atoms with E-state index in [9.17, 15) is 0 Å². The van der Waals surface area contributed by atoms with Gasteiger partial charge in [-0.05, 0) is 14.0 Å². The van der Waals surface area contributed by atoms with Crippen molar-refractivity contribution in [1.29, 1.82) is 0 Å². The van der Waals surface area contributed by atoms with E-state index in [0.29, 0.717) is 6.04 Å². The SMILES string of the molecule is C=C[C@@H](C)NCCNC. The van der Waals surface area contributed by atoms with E-state index in [4.69, 9.17) is 0 Å². The van der Waals surface area contributed by atoms with Crippen LogP contribution in [-0.4, -0.2) is 26.2 Å². The van der Waals surface area contributed by atoms with Crippen LogP contribution < -0.4 is 10.6 Å². The lowest BCUT2D eigenvalue weighted by atomic mass is 10.3. The maximum Gasteiger partial charge on any atom is 0.0219 e. The molecule has 0 saturated heterocycles. The summed E-state index contributed by atoms with van der Waals surface area (Å²) in [6, 6.07) is 0.429. The summed E-state index contributed by atoms with van der Waals surface area (Å²) in [6.45, 7) is 7.76. The molecule has 0 aromatic rings. The quantitative estimate of drug-likeness (QED) is 0.413. The predicted octanol–water partition coefficient (Wildman–Crippen LogP) is 0.370. The van der Waals surface area contributed by atoms with Crippen molar-refractivity contribution in [2.75, 3.05) is 20.1 Å². The van der Waals surface area contributed by atoms with Crippen molar-refractivity contribution in [2.45, 2.75) is 13.0 Å². The molecule has 2 N–H and O–H groups in total. The standard InChI is InChI=1S/C7H16N2/c1-4-7(2)9-6-5-8-3/h4,7-9H,1,5-6H2,2-3H3/t7-/m1/s1. The van der Waals surface area contributed by atoms with Gasteiger partial charge in [-0.2, -0.15) is 0 Å². The molecule has 0 rings (SSSR count). The average molecular weight is 128 g/mol. The van der Waals surface area contributed by atoms with E-state index in [-0.39, 0.29) is 0 Å². The molecule has 0 fully saturated rings. The van der Waals surface area contributed by atoms with Gasteiger partial charge in [0.25, 0.3) is 0 Å². The van der Waals surface area contributed by atoms with Crippen LogP contribution in [0.3, 0.4) is 0 Å². The van der Waals surface area contributed by atoms with Gasteiger partial charge in [0.1, 0.15) is 0 Å². The first kappa shape index (κ1) is 8.66. The van der Waals surface area contributed by atoms with Crippen molar-refractivity contribution < 1.29 is 0 Å². The fourth-order valence-electron chi connectivity index (χ4n) is 0.508. The highest BCUT2D eigenvalue weighted by Crippen LogP contribution is 1.77. The molecule has 0 aromatic heterocycles. The van der Waals surface area contributed by atoms with Gasteiger partial charge in [0, 0.05) is 19.1 Å². The molecule has 54 valence electrons. The Bertz CT molecular complexity index is 71.3. The van der Waals surface area contributed by atoms with Gasteiger partial charge in [-0.3, -0.25) is 0 Å². The molecule has 0 bridgehead atoms. The molecule has 0 amide bonds. The van der Waals surface area contributed by atoms with E-state index in [1.807, 2.05) is 13.1 Å². The average Bonchev–Trinajstić information content (AvgIpc) is 1.89. The zero-order valence-electron chi connectivity index (χ0n) is 6.28. The van der Waals surface area contributed by atoms with Crippen LogP contribution in [0, 0.1) is 0 Å². The Morgan fingerprint density at radius 2 is 2.22 bits per heavy atom. The minimum atomic E-state index is 0.429. The summed E-state index contributed by atoms with van der Waals surface area (Å²) < 4.78 is 0. The topological polar surface area (TPSA) is 24.1 Å². The van der Waals surface area contributed by atoms with E-state index in [2.05, 4.69) is 24.1 Å². The first-order valence-corrected chi connectivity index (χ1v) is 3.31. The fourth-order valence-corrected chi connectivity index (χ4v) is 0.508. The number of hydrogen-bond acceptors (Lipinski definition) is 2. The van der Waals surface area contributed by atoms with Crippen molar-refractivity contribution in [1.82, 2.24) is 10.6 Å². The zero-order chi connectivity index (χ0) is 7.11. The first-order valence-electron chi connectivity index (χ1n) is 3.31. The highest BCUT2D eigenvalue weighted by Gasteiger charge is 1.90. The first-order chi connectivity index (χ1) is 4.31. The van der Waals surface area contributed by atoms with Crippen LogP contribution in [0.1, 0.15) is 6.92 Å². The highest BCUT2D eigenvalue weighted by molar-refractivity contribution is 4.80. The maximum atomic E-state index is 3.66. The molecular weight excluding hydrogens is 112 g/mol. The van der Waals surface area contributed by atoms with Crippen molar-refractivity contribution in [3.8, 4) is 0 Å². The van der Waals surface area contributed by atoms with Gasteiger partial charge in [0.2, 0.25) is 0 Å². The summed E-state index contributed by atoms with van der Waals surface area (Å²) in [5, 5.41) is 6.30. The molecular formula is C7H16N2. The normalized spacial score (nSPS) is 13.1. The van der Waals surface area contributed by atoms with Crippen molar-refractivity contribution in [3.63, 3.8) is 0 Å². The van der Waals surface area contributed by atoms with Gasteiger partial charge in [-0.25, -0.2) is 0 Å². The monoisotopic (exact) mass is 128 g/mol. The molecule has 0 unspecified atom stereocenters. The minimum absolute atomic E-state index is 0.429. The Morgan fingerprint density at radius 1 is 1.56 bits per heavy atom. The molecule has 2 heteroatoms. The summed E-state index contributed by atoms with van der Waals surface area (Å²) in [6.07, 6.45) is 1.90. The van der Waals surface area contributed by atoms with Gasteiger partial charge in [0.05, 0.1) is 0 Å². The lowest BCUT2D eigenvalue weighted by molar-refractivity contribution is 0.610. The van der Waals surface area contributed by atoms with Crippen LogP contribution in [-0.2, 0) is 0 Å². The van der Waals surface area contributed by atoms with Gasteiger partial charge in [-0.15, -0.1) is 6.58 Å².